The lowest BCUT2D eigenvalue weighted by molar-refractivity contribution is -0.143. The molecule has 130 valence electrons. The van der Waals surface area contributed by atoms with Gasteiger partial charge in [0.05, 0.1) is 25.8 Å². The van der Waals surface area contributed by atoms with Gasteiger partial charge in [0.25, 0.3) is 5.91 Å². The van der Waals surface area contributed by atoms with Gasteiger partial charge in [-0.15, -0.1) is 0 Å². The van der Waals surface area contributed by atoms with E-state index in [0.29, 0.717) is 22.1 Å². The van der Waals surface area contributed by atoms with Gasteiger partial charge >= 0.3 is 5.97 Å². The highest BCUT2D eigenvalue weighted by atomic mass is 35.5. The molecule has 0 spiro atoms. The molecule has 0 bridgehead atoms. The maximum absolute atomic E-state index is 11.6. The van der Waals surface area contributed by atoms with E-state index in [1.54, 1.807) is 12.1 Å². The first-order chi connectivity index (χ1) is 11.4. The van der Waals surface area contributed by atoms with Crippen molar-refractivity contribution in [2.24, 2.45) is 5.73 Å². The molecule has 0 saturated heterocycles. The Bertz CT molecular complexity index is 660. The highest BCUT2D eigenvalue weighted by Crippen LogP contribution is 2.36. The van der Waals surface area contributed by atoms with Crippen LogP contribution < -0.4 is 20.5 Å². The van der Waals surface area contributed by atoms with Crippen LogP contribution in [0.2, 0.25) is 5.02 Å². The summed E-state index contributed by atoms with van der Waals surface area (Å²) in [6, 6.07) is 3.19. The van der Waals surface area contributed by atoms with Crippen LogP contribution in [0.15, 0.2) is 18.2 Å². The van der Waals surface area contributed by atoms with Crippen molar-refractivity contribution in [3.63, 3.8) is 0 Å². The first kappa shape index (κ1) is 19.3. The van der Waals surface area contributed by atoms with Gasteiger partial charge < -0.3 is 25.3 Å². The van der Waals surface area contributed by atoms with Gasteiger partial charge in [0.1, 0.15) is 0 Å². The zero-order valence-electron chi connectivity index (χ0n) is 13.1. The average Bonchev–Trinajstić information content (AvgIpc) is 2.55. The van der Waals surface area contributed by atoms with Gasteiger partial charge in [-0.2, -0.15) is 0 Å². The van der Waals surface area contributed by atoms with E-state index in [2.05, 4.69) is 5.32 Å². The minimum Gasteiger partial charge on any atom is -0.493 e. The van der Waals surface area contributed by atoms with E-state index in [-0.39, 0.29) is 6.54 Å². The van der Waals surface area contributed by atoms with Gasteiger partial charge in [-0.05, 0) is 23.8 Å². The maximum Gasteiger partial charge on any atom is 0.331 e. The van der Waals surface area contributed by atoms with Crippen LogP contribution in [0.3, 0.4) is 0 Å². The van der Waals surface area contributed by atoms with Gasteiger partial charge in [0.2, 0.25) is 5.91 Å². The highest BCUT2D eigenvalue weighted by Gasteiger charge is 2.10. The molecular weight excluding hydrogens is 340 g/mol. The van der Waals surface area contributed by atoms with Gasteiger partial charge in [-0.1, -0.05) is 11.6 Å². The third-order valence-electron chi connectivity index (χ3n) is 2.67. The highest BCUT2D eigenvalue weighted by molar-refractivity contribution is 6.32. The number of halogens is 1. The van der Waals surface area contributed by atoms with E-state index in [0.717, 1.165) is 6.08 Å². The Morgan fingerprint density at radius 1 is 1.25 bits per heavy atom. The molecule has 0 aliphatic carbocycles. The molecule has 3 N–H and O–H groups in total. The molecule has 0 aliphatic heterocycles. The van der Waals surface area contributed by atoms with Crippen molar-refractivity contribution in [3.8, 4) is 11.5 Å². The predicted molar refractivity (Wildman–Crippen MR) is 86.8 cm³/mol. The number of hydrogen-bond donors (Lipinski definition) is 2. The van der Waals surface area contributed by atoms with Gasteiger partial charge in [0.15, 0.2) is 18.1 Å². The van der Waals surface area contributed by atoms with Crippen molar-refractivity contribution in [1.29, 1.82) is 0 Å². The number of carbonyl (C=O) groups is 3. The minimum absolute atomic E-state index is 0.315. The molecule has 1 aromatic rings. The van der Waals surface area contributed by atoms with Crippen molar-refractivity contribution in [2.45, 2.75) is 0 Å². The number of rotatable bonds is 8. The summed E-state index contributed by atoms with van der Waals surface area (Å²) in [5, 5.41) is 2.50. The quantitative estimate of drug-likeness (QED) is 0.518. The van der Waals surface area contributed by atoms with Crippen LogP contribution in [0.25, 0.3) is 6.08 Å². The number of nitrogens with one attached hydrogen (secondary N) is 1. The summed E-state index contributed by atoms with van der Waals surface area (Å²) in [5.41, 5.74) is 5.44. The molecule has 0 aromatic heterocycles. The van der Waals surface area contributed by atoms with Crippen LogP contribution in [0, 0.1) is 0 Å². The molecule has 24 heavy (non-hydrogen) atoms. The lowest BCUT2D eigenvalue weighted by Gasteiger charge is -2.10. The van der Waals surface area contributed by atoms with E-state index in [9.17, 15) is 14.4 Å². The zero-order chi connectivity index (χ0) is 18.1. The van der Waals surface area contributed by atoms with Crippen molar-refractivity contribution in [2.75, 3.05) is 27.4 Å². The molecule has 0 heterocycles. The summed E-state index contributed by atoms with van der Waals surface area (Å²) in [5.74, 6) is -1.28. The molecule has 1 aromatic carbocycles. The monoisotopic (exact) mass is 356 g/mol. The van der Waals surface area contributed by atoms with Crippen molar-refractivity contribution < 1.29 is 28.6 Å². The Morgan fingerprint density at radius 3 is 2.54 bits per heavy atom. The molecule has 0 unspecified atom stereocenters. The first-order valence-corrected chi connectivity index (χ1v) is 7.06. The van der Waals surface area contributed by atoms with Crippen LogP contribution in [-0.2, 0) is 19.1 Å². The lowest BCUT2D eigenvalue weighted by atomic mass is 10.2. The molecule has 0 aliphatic rings. The molecule has 1 rings (SSSR count). The fourth-order valence-corrected chi connectivity index (χ4v) is 1.92. The van der Waals surface area contributed by atoms with E-state index in [1.165, 1.54) is 20.3 Å². The molecule has 0 atom stereocenters. The molecule has 0 fully saturated rings. The first-order valence-electron chi connectivity index (χ1n) is 6.68. The largest absolute Gasteiger partial charge is 0.493 e. The minimum atomic E-state index is -0.741. The van der Waals surface area contributed by atoms with E-state index < -0.39 is 24.4 Å². The van der Waals surface area contributed by atoms with E-state index >= 15 is 0 Å². The second-order valence-corrected chi connectivity index (χ2v) is 4.83. The Morgan fingerprint density at radius 2 is 1.96 bits per heavy atom. The third kappa shape index (κ3) is 6.17. The Kier molecular flexibility index (Phi) is 7.57. The van der Waals surface area contributed by atoms with E-state index in [4.69, 9.17) is 31.5 Å². The molecule has 9 heteroatoms. The van der Waals surface area contributed by atoms with E-state index in [1.807, 2.05) is 0 Å². The van der Waals surface area contributed by atoms with Gasteiger partial charge in [-0.3, -0.25) is 9.59 Å². The van der Waals surface area contributed by atoms with Gasteiger partial charge in [0, 0.05) is 6.08 Å². The fourth-order valence-electron chi connectivity index (χ4n) is 1.62. The average molecular weight is 357 g/mol. The summed E-state index contributed by atoms with van der Waals surface area (Å²) in [6.07, 6.45) is 2.57. The smallest absolute Gasteiger partial charge is 0.331 e. The summed E-state index contributed by atoms with van der Waals surface area (Å²) in [7, 11) is 2.92. The Balaban J connectivity index is 2.62. The Labute approximate surface area is 143 Å². The summed E-state index contributed by atoms with van der Waals surface area (Å²) < 4.78 is 15.0. The van der Waals surface area contributed by atoms with Crippen LogP contribution in [-0.4, -0.2) is 45.2 Å². The van der Waals surface area contributed by atoms with Crippen LogP contribution in [0.5, 0.6) is 11.5 Å². The van der Waals surface area contributed by atoms with Crippen LogP contribution >= 0.6 is 11.6 Å². The van der Waals surface area contributed by atoms with Gasteiger partial charge in [-0.25, -0.2) is 4.79 Å². The van der Waals surface area contributed by atoms with Crippen molar-refractivity contribution in [3.05, 3.63) is 28.8 Å². The predicted octanol–water partition coefficient (Wildman–Crippen LogP) is 0.515. The third-order valence-corrected chi connectivity index (χ3v) is 2.95. The number of nitrogens with two attached hydrogens (primary N) is 1. The molecule has 0 saturated carbocycles. The number of methoxy groups -OCH3 is 2. The number of hydrogen-bond acceptors (Lipinski definition) is 6. The molecule has 0 radical (unpaired) electrons. The van der Waals surface area contributed by atoms with Crippen LogP contribution in [0.1, 0.15) is 5.56 Å². The number of ether oxygens (including phenoxy) is 3. The SMILES string of the molecule is COc1cc(/C=C/C(=O)OCC(=O)NCC(N)=O)cc(Cl)c1OC. The summed E-state index contributed by atoms with van der Waals surface area (Å²) in [4.78, 5) is 33.3. The van der Waals surface area contributed by atoms with Crippen molar-refractivity contribution in [1.82, 2.24) is 5.32 Å². The number of esters is 1. The second kappa shape index (κ2) is 9.41. The number of benzene rings is 1. The molecule has 2 amide bonds. The fraction of sp³-hybridized carbons (Fsp3) is 0.267. The number of primary amides is 1. The normalized spacial score (nSPS) is 10.3. The Hall–Kier alpha value is -2.74. The molecule has 8 nitrogen and oxygen atoms in total. The molecular formula is C15H17ClN2O6. The maximum atomic E-state index is 11.6. The number of carbonyl (C=O) groups excluding carboxylic acids is 3. The lowest BCUT2D eigenvalue weighted by Crippen LogP contribution is -2.35. The topological polar surface area (TPSA) is 117 Å². The summed E-state index contributed by atoms with van der Waals surface area (Å²) in [6.45, 7) is -0.848. The van der Waals surface area contributed by atoms with Crippen LogP contribution in [0.4, 0.5) is 0 Å². The number of amides is 2. The second-order valence-electron chi connectivity index (χ2n) is 4.42. The van der Waals surface area contributed by atoms with Crippen molar-refractivity contribution >= 4 is 35.5 Å². The standard InChI is InChI=1S/C15H17ClN2O6/c1-22-11-6-9(5-10(16)15(11)23-2)3-4-14(21)24-8-13(20)18-7-12(17)19/h3-6H,7-8H2,1-2H3,(H2,17,19)(H,18,20)/b4-3+. The zero-order valence-corrected chi connectivity index (χ0v) is 13.9. The summed E-state index contributed by atoms with van der Waals surface area (Å²) >= 11 is 6.05.